The summed E-state index contributed by atoms with van der Waals surface area (Å²) in [6.45, 7) is 3.97. The predicted octanol–water partition coefficient (Wildman–Crippen LogP) is 3.43. The second-order valence-electron chi connectivity index (χ2n) is 4.89. The number of carbonyl (C=O) groups excluding carboxylic acids is 1. The van der Waals surface area contributed by atoms with Crippen LogP contribution in [0.3, 0.4) is 0 Å². The molecule has 0 aliphatic heterocycles. The minimum atomic E-state index is -0.198. The van der Waals surface area contributed by atoms with Crippen molar-refractivity contribution in [3.63, 3.8) is 0 Å². The van der Waals surface area contributed by atoms with E-state index < -0.39 is 0 Å². The van der Waals surface area contributed by atoms with Crippen molar-refractivity contribution in [1.82, 2.24) is 10.2 Å². The van der Waals surface area contributed by atoms with Crippen LogP contribution in [0, 0.1) is 13.8 Å². The topological polar surface area (TPSA) is 57.8 Å². The lowest BCUT2D eigenvalue weighted by atomic mass is 10.1. The molecule has 0 radical (unpaired) electrons. The van der Waals surface area contributed by atoms with Crippen LogP contribution in [0.2, 0.25) is 0 Å². The third kappa shape index (κ3) is 2.16. The van der Waals surface area contributed by atoms with Crippen LogP contribution in [0.5, 0.6) is 0 Å². The number of rotatable bonds is 2. The highest BCUT2D eigenvalue weighted by Gasteiger charge is 2.14. The first-order valence-corrected chi connectivity index (χ1v) is 6.47. The number of H-pyrrole nitrogens is 1. The zero-order chi connectivity index (χ0) is 14.1. The molecule has 1 aromatic heterocycles. The summed E-state index contributed by atoms with van der Waals surface area (Å²) in [4.78, 5) is 12.4. The highest BCUT2D eigenvalue weighted by atomic mass is 16.1. The molecule has 2 N–H and O–H groups in total. The molecule has 0 spiro atoms. The van der Waals surface area contributed by atoms with E-state index in [4.69, 9.17) is 0 Å². The number of aryl methyl sites for hydroxylation is 2. The van der Waals surface area contributed by atoms with Crippen molar-refractivity contribution < 1.29 is 4.79 Å². The van der Waals surface area contributed by atoms with Crippen LogP contribution in [0.15, 0.2) is 42.5 Å². The maximum atomic E-state index is 12.4. The number of carbonyl (C=O) groups is 1. The van der Waals surface area contributed by atoms with Gasteiger partial charge < -0.3 is 5.32 Å². The molecule has 4 nitrogen and oxygen atoms in total. The van der Waals surface area contributed by atoms with Gasteiger partial charge in [-0.15, -0.1) is 0 Å². The second-order valence-corrected chi connectivity index (χ2v) is 4.89. The van der Waals surface area contributed by atoms with E-state index in [1.54, 1.807) is 0 Å². The quantitative estimate of drug-likeness (QED) is 0.745. The molecular formula is C16H15N3O. The van der Waals surface area contributed by atoms with Crippen molar-refractivity contribution in [1.29, 1.82) is 0 Å². The third-order valence-corrected chi connectivity index (χ3v) is 3.33. The van der Waals surface area contributed by atoms with Gasteiger partial charge in [0, 0.05) is 11.1 Å². The first-order valence-electron chi connectivity index (χ1n) is 6.47. The Hall–Kier alpha value is -2.62. The molecule has 0 fully saturated rings. The van der Waals surface area contributed by atoms with Gasteiger partial charge in [0.15, 0.2) is 5.69 Å². The van der Waals surface area contributed by atoms with Gasteiger partial charge in [-0.05, 0) is 37.1 Å². The fraction of sp³-hybridized carbons (Fsp3) is 0.125. The summed E-state index contributed by atoms with van der Waals surface area (Å²) in [5.74, 6) is -0.198. The molecule has 0 bridgehead atoms. The number of nitrogens with zero attached hydrogens (tertiary/aromatic N) is 1. The number of hydrogen-bond donors (Lipinski definition) is 2. The number of anilines is 1. The van der Waals surface area contributed by atoms with Crippen molar-refractivity contribution in [3.8, 4) is 0 Å². The number of para-hydroxylation sites is 1. The Balaban J connectivity index is 1.95. The Bertz CT molecular complexity index is 789. The molecule has 100 valence electrons. The van der Waals surface area contributed by atoms with Gasteiger partial charge in [0.05, 0.1) is 5.52 Å². The predicted molar refractivity (Wildman–Crippen MR) is 80.0 cm³/mol. The van der Waals surface area contributed by atoms with Crippen LogP contribution in [0.4, 0.5) is 5.69 Å². The maximum absolute atomic E-state index is 12.4. The van der Waals surface area contributed by atoms with E-state index >= 15 is 0 Å². The molecular weight excluding hydrogens is 250 g/mol. The molecule has 4 heteroatoms. The number of aromatic nitrogens is 2. The first-order chi connectivity index (χ1) is 9.65. The van der Waals surface area contributed by atoms with Crippen LogP contribution in [0.25, 0.3) is 10.9 Å². The molecule has 3 aromatic rings. The lowest BCUT2D eigenvalue weighted by molar-refractivity contribution is 0.102. The molecule has 0 aliphatic carbocycles. The lowest BCUT2D eigenvalue weighted by Crippen LogP contribution is -2.13. The SMILES string of the molecule is Cc1ccc(C)c(NC(=O)c2n[nH]c3ccccc23)c1. The van der Waals surface area contributed by atoms with E-state index in [-0.39, 0.29) is 5.91 Å². The molecule has 0 saturated carbocycles. The van der Waals surface area contributed by atoms with Crippen LogP contribution in [-0.4, -0.2) is 16.1 Å². The van der Waals surface area contributed by atoms with Crippen molar-refractivity contribution in [3.05, 3.63) is 59.3 Å². The van der Waals surface area contributed by atoms with Crippen molar-refractivity contribution in [2.24, 2.45) is 0 Å². The van der Waals surface area contributed by atoms with Crippen molar-refractivity contribution >= 4 is 22.5 Å². The van der Waals surface area contributed by atoms with Gasteiger partial charge in [-0.3, -0.25) is 9.89 Å². The first kappa shape index (κ1) is 12.4. The van der Waals surface area contributed by atoms with Gasteiger partial charge in [-0.2, -0.15) is 5.10 Å². The Morgan fingerprint density at radius 2 is 1.95 bits per heavy atom. The summed E-state index contributed by atoms with van der Waals surface area (Å²) >= 11 is 0. The van der Waals surface area contributed by atoms with Crippen molar-refractivity contribution in [2.45, 2.75) is 13.8 Å². The Morgan fingerprint density at radius 3 is 2.80 bits per heavy atom. The molecule has 0 aliphatic rings. The van der Waals surface area contributed by atoms with E-state index in [1.807, 2.05) is 56.3 Å². The fourth-order valence-electron chi connectivity index (χ4n) is 2.19. The van der Waals surface area contributed by atoms with Crippen LogP contribution in [-0.2, 0) is 0 Å². The number of aromatic amines is 1. The molecule has 0 saturated heterocycles. The van der Waals surface area contributed by atoms with E-state index in [0.29, 0.717) is 5.69 Å². The summed E-state index contributed by atoms with van der Waals surface area (Å²) < 4.78 is 0. The van der Waals surface area contributed by atoms with E-state index in [0.717, 1.165) is 27.7 Å². The number of amides is 1. The summed E-state index contributed by atoms with van der Waals surface area (Å²) in [6, 6.07) is 13.6. The number of benzene rings is 2. The normalized spacial score (nSPS) is 10.7. The van der Waals surface area contributed by atoms with Crippen LogP contribution >= 0.6 is 0 Å². The molecule has 3 rings (SSSR count). The Labute approximate surface area is 116 Å². The zero-order valence-electron chi connectivity index (χ0n) is 11.4. The molecule has 20 heavy (non-hydrogen) atoms. The van der Waals surface area contributed by atoms with Crippen LogP contribution in [0.1, 0.15) is 21.6 Å². The average Bonchev–Trinajstić information content (AvgIpc) is 2.87. The number of fused-ring (bicyclic) bond motifs is 1. The monoisotopic (exact) mass is 265 g/mol. The molecule has 2 aromatic carbocycles. The largest absolute Gasteiger partial charge is 0.320 e. The van der Waals surface area contributed by atoms with Gasteiger partial charge in [-0.1, -0.05) is 30.3 Å². The highest BCUT2D eigenvalue weighted by Crippen LogP contribution is 2.20. The van der Waals surface area contributed by atoms with E-state index in [9.17, 15) is 4.79 Å². The molecule has 0 atom stereocenters. The molecule has 0 unspecified atom stereocenters. The minimum absolute atomic E-state index is 0.198. The summed E-state index contributed by atoms with van der Waals surface area (Å²) in [6.07, 6.45) is 0. The smallest absolute Gasteiger partial charge is 0.276 e. The minimum Gasteiger partial charge on any atom is -0.320 e. The molecule has 1 amide bonds. The number of nitrogens with one attached hydrogen (secondary N) is 2. The average molecular weight is 265 g/mol. The van der Waals surface area contributed by atoms with Gasteiger partial charge in [0.1, 0.15) is 0 Å². The Morgan fingerprint density at radius 1 is 1.15 bits per heavy atom. The third-order valence-electron chi connectivity index (χ3n) is 3.33. The van der Waals surface area contributed by atoms with Gasteiger partial charge in [0.2, 0.25) is 0 Å². The summed E-state index contributed by atoms with van der Waals surface area (Å²) in [7, 11) is 0. The maximum Gasteiger partial charge on any atom is 0.276 e. The van der Waals surface area contributed by atoms with E-state index in [1.165, 1.54) is 0 Å². The fourth-order valence-corrected chi connectivity index (χ4v) is 2.19. The van der Waals surface area contributed by atoms with Crippen molar-refractivity contribution in [2.75, 3.05) is 5.32 Å². The highest BCUT2D eigenvalue weighted by molar-refractivity contribution is 6.11. The lowest BCUT2D eigenvalue weighted by Gasteiger charge is -2.08. The van der Waals surface area contributed by atoms with Gasteiger partial charge >= 0.3 is 0 Å². The van der Waals surface area contributed by atoms with Crippen LogP contribution < -0.4 is 5.32 Å². The van der Waals surface area contributed by atoms with Gasteiger partial charge in [0.25, 0.3) is 5.91 Å². The van der Waals surface area contributed by atoms with Gasteiger partial charge in [-0.25, -0.2) is 0 Å². The van der Waals surface area contributed by atoms with E-state index in [2.05, 4.69) is 15.5 Å². The summed E-state index contributed by atoms with van der Waals surface area (Å²) in [5.41, 5.74) is 4.24. The second kappa shape index (κ2) is 4.81. The number of hydrogen-bond acceptors (Lipinski definition) is 2. The summed E-state index contributed by atoms with van der Waals surface area (Å²) in [5, 5.41) is 10.7. The molecule has 1 heterocycles. The zero-order valence-corrected chi connectivity index (χ0v) is 11.4. The standard InChI is InChI=1S/C16H15N3O/c1-10-7-8-11(2)14(9-10)17-16(20)15-12-5-3-4-6-13(12)18-19-15/h3-9H,1-2H3,(H,17,20)(H,18,19). The Kier molecular flexibility index (Phi) is 2.99.